The molecule has 1 aromatic rings. The molecule has 192 valence electrons. The molecule has 0 saturated carbocycles. The first kappa shape index (κ1) is 29.5. The van der Waals surface area contributed by atoms with Gasteiger partial charge in [-0.05, 0) is 57.1 Å². The van der Waals surface area contributed by atoms with Crippen LogP contribution in [-0.2, 0) is 20.7 Å². The van der Waals surface area contributed by atoms with E-state index in [0.29, 0.717) is 19.5 Å². The molecule has 7 nitrogen and oxygen atoms in total. The van der Waals surface area contributed by atoms with Crippen molar-refractivity contribution in [2.75, 3.05) is 13.1 Å². The second-order valence-electron chi connectivity index (χ2n) is 10.0. The predicted octanol–water partition coefficient (Wildman–Crippen LogP) is 4.99. The van der Waals surface area contributed by atoms with Gasteiger partial charge in [0.25, 0.3) is 0 Å². The summed E-state index contributed by atoms with van der Waals surface area (Å²) >= 11 is 0. The van der Waals surface area contributed by atoms with Gasteiger partial charge in [0.05, 0.1) is 0 Å². The fourth-order valence-corrected chi connectivity index (χ4v) is 3.63. The van der Waals surface area contributed by atoms with E-state index in [1.165, 1.54) is 0 Å². The monoisotopic (exact) mass is 475 g/mol. The van der Waals surface area contributed by atoms with E-state index in [-0.39, 0.29) is 17.7 Å². The molecule has 0 aliphatic heterocycles. The Balaban J connectivity index is 3.35. The first-order chi connectivity index (χ1) is 15.9. The second-order valence-corrected chi connectivity index (χ2v) is 10.0. The van der Waals surface area contributed by atoms with Crippen LogP contribution in [0.3, 0.4) is 0 Å². The molecular weight excluding hydrogens is 430 g/mol. The summed E-state index contributed by atoms with van der Waals surface area (Å²) in [4.78, 5) is 41.3. The topological polar surface area (TPSA) is 87.7 Å². The Morgan fingerprint density at radius 1 is 1.00 bits per heavy atom. The number of nitrogens with one attached hydrogen (secondary N) is 2. The van der Waals surface area contributed by atoms with Crippen LogP contribution in [0.4, 0.5) is 4.79 Å². The molecule has 1 aromatic carbocycles. The summed E-state index contributed by atoms with van der Waals surface area (Å²) in [5, 5.41) is 5.74. The predicted molar refractivity (Wildman–Crippen MR) is 136 cm³/mol. The van der Waals surface area contributed by atoms with Crippen LogP contribution >= 0.6 is 0 Å². The summed E-state index contributed by atoms with van der Waals surface area (Å²) in [5.41, 5.74) is 1.24. The van der Waals surface area contributed by atoms with Crippen LogP contribution < -0.4 is 10.6 Å². The first-order valence-electron chi connectivity index (χ1n) is 12.6. The highest BCUT2D eigenvalue weighted by Gasteiger charge is 2.37. The summed E-state index contributed by atoms with van der Waals surface area (Å²) in [5.74, 6) is -0.692. The standard InChI is InChI=1S/C27H45N3O4/c1-9-12-17-28-24(31)23(21-15-13-20(11-3)14-16-21)30(18-10-2)25(32)22(19(4)5)29-26(33)34-27(6,7)8/h13-16,19,22-23H,9-12,17-18H2,1-8H3,(H,28,31)(H,29,33). The zero-order valence-corrected chi connectivity index (χ0v) is 22.4. The van der Waals surface area contributed by atoms with Gasteiger partial charge in [0.2, 0.25) is 11.8 Å². The van der Waals surface area contributed by atoms with Gasteiger partial charge in [-0.1, -0.05) is 65.3 Å². The fraction of sp³-hybridized carbons (Fsp3) is 0.667. The van der Waals surface area contributed by atoms with Crippen molar-refractivity contribution in [1.29, 1.82) is 0 Å². The van der Waals surface area contributed by atoms with Crippen molar-refractivity contribution < 1.29 is 19.1 Å². The summed E-state index contributed by atoms with van der Waals surface area (Å²) in [6, 6.07) is 6.23. The Hall–Kier alpha value is -2.57. The molecular formula is C27H45N3O4. The van der Waals surface area contributed by atoms with Gasteiger partial charge in [-0.3, -0.25) is 9.59 Å². The van der Waals surface area contributed by atoms with Gasteiger partial charge in [-0.25, -0.2) is 4.79 Å². The normalized spacial score (nSPS) is 13.2. The van der Waals surface area contributed by atoms with Crippen molar-refractivity contribution in [3.8, 4) is 0 Å². The fourth-order valence-electron chi connectivity index (χ4n) is 3.63. The highest BCUT2D eigenvalue weighted by Crippen LogP contribution is 2.25. The lowest BCUT2D eigenvalue weighted by Gasteiger charge is -2.35. The van der Waals surface area contributed by atoms with Gasteiger partial charge >= 0.3 is 6.09 Å². The minimum Gasteiger partial charge on any atom is -0.444 e. The molecule has 0 fully saturated rings. The number of hydrogen-bond acceptors (Lipinski definition) is 4. The first-order valence-corrected chi connectivity index (χ1v) is 12.6. The smallest absolute Gasteiger partial charge is 0.408 e. The lowest BCUT2D eigenvalue weighted by molar-refractivity contribution is -0.143. The van der Waals surface area contributed by atoms with E-state index >= 15 is 0 Å². The highest BCUT2D eigenvalue weighted by atomic mass is 16.6. The average molecular weight is 476 g/mol. The number of hydrogen-bond donors (Lipinski definition) is 2. The number of carbonyl (C=O) groups is 3. The van der Waals surface area contributed by atoms with Crippen LogP contribution in [-0.4, -0.2) is 47.5 Å². The van der Waals surface area contributed by atoms with E-state index in [1.807, 2.05) is 45.0 Å². The van der Waals surface area contributed by atoms with E-state index in [9.17, 15) is 14.4 Å². The van der Waals surface area contributed by atoms with Gasteiger partial charge in [0.1, 0.15) is 17.7 Å². The van der Waals surface area contributed by atoms with Crippen LogP contribution in [0, 0.1) is 5.92 Å². The van der Waals surface area contributed by atoms with Gasteiger partial charge < -0.3 is 20.3 Å². The number of ether oxygens (including phenoxy) is 1. The minimum atomic E-state index is -0.817. The van der Waals surface area contributed by atoms with Gasteiger partial charge in [0, 0.05) is 13.1 Å². The molecule has 2 N–H and O–H groups in total. The van der Waals surface area contributed by atoms with E-state index in [2.05, 4.69) is 24.5 Å². The zero-order chi connectivity index (χ0) is 25.9. The molecule has 0 radical (unpaired) electrons. The summed E-state index contributed by atoms with van der Waals surface area (Å²) in [6.07, 6.45) is 2.74. The Kier molecular flexibility index (Phi) is 12.1. The van der Waals surface area contributed by atoms with Gasteiger partial charge in [-0.2, -0.15) is 0 Å². The number of benzene rings is 1. The third kappa shape index (κ3) is 9.35. The van der Waals surface area contributed by atoms with Crippen molar-refractivity contribution in [1.82, 2.24) is 15.5 Å². The number of aryl methyl sites for hydroxylation is 1. The molecule has 34 heavy (non-hydrogen) atoms. The van der Waals surface area contributed by atoms with Crippen molar-refractivity contribution >= 4 is 17.9 Å². The lowest BCUT2D eigenvalue weighted by atomic mass is 9.97. The summed E-state index contributed by atoms with van der Waals surface area (Å²) in [7, 11) is 0. The molecule has 0 saturated heterocycles. The lowest BCUT2D eigenvalue weighted by Crippen LogP contribution is -2.55. The number of unbranched alkanes of at least 4 members (excludes halogenated alkanes) is 1. The van der Waals surface area contributed by atoms with E-state index in [4.69, 9.17) is 4.74 Å². The van der Waals surface area contributed by atoms with Crippen molar-refractivity contribution in [2.45, 2.75) is 98.8 Å². The number of nitrogens with zero attached hydrogens (tertiary/aromatic N) is 1. The third-order valence-electron chi connectivity index (χ3n) is 5.45. The van der Waals surface area contributed by atoms with Crippen LogP contribution in [0.1, 0.15) is 91.8 Å². The molecule has 7 heteroatoms. The van der Waals surface area contributed by atoms with E-state index in [0.717, 1.165) is 30.4 Å². The molecule has 0 spiro atoms. The Morgan fingerprint density at radius 3 is 2.09 bits per heavy atom. The largest absolute Gasteiger partial charge is 0.444 e. The summed E-state index contributed by atoms with van der Waals surface area (Å²) < 4.78 is 5.39. The van der Waals surface area contributed by atoms with Crippen molar-refractivity contribution in [2.24, 2.45) is 5.92 Å². The zero-order valence-electron chi connectivity index (χ0n) is 22.4. The van der Waals surface area contributed by atoms with Crippen molar-refractivity contribution in [3.05, 3.63) is 35.4 Å². The molecule has 0 aromatic heterocycles. The quantitative estimate of drug-likeness (QED) is 0.417. The number of alkyl carbamates (subject to hydrolysis) is 1. The number of amides is 3. The SMILES string of the molecule is CCCCNC(=O)C(c1ccc(CC)cc1)N(CCC)C(=O)C(NC(=O)OC(C)(C)C)C(C)C. The molecule has 0 aliphatic rings. The van der Waals surface area contributed by atoms with Crippen molar-refractivity contribution in [3.63, 3.8) is 0 Å². The molecule has 1 rings (SSSR count). The minimum absolute atomic E-state index is 0.189. The Morgan fingerprint density at radius 2 is 1.62 bits per heavy atom. The molecule has 2 unspecified atom stereocenters. The summed E-state index contributed by atoms with van der Waals surface area (Å²) in [6.45, 7) is 16.1. The van der Waals surface area contributed by atoms with Gasteiger partial charge in [-0.15, -0.1) is 0 Å². The maximum Gasteiger partial charge on any atom is 0.408 e. The van der Waals surface area contributed by atoms with Crippen LogP contribution in [0.2, 0.25) is 0 Å². The van der Waals surface area contributed by atoms with Crippen LogP contribution in [0.5, 0.6) is 0 Å². The highest BCUT2D eigenvalue weighted by molar-refractivity contribution is 5.92. The molecule has 0 heterocycles. The molecule has 0 bridgehead atoms. The van der Waals surface area contributed by atoms with E-state index < -0.39 is 23.8 Å². The number of rotatable bonds is 12. The molecule has 2 atom stereocenters. The Labute approximate surface area is 206 Å². The van der Waals surface area contributed by atoms with E-state index in [1.54, 1.807) is 25.7 Å². The maximum absolute atomic E-state index is 13.8. The third-order valence-corrected chi connectivity index (χ3v) is 5.45. The van der Waals surface area contributed by atoms with Crippen LogP contribution in [0.25, 0.3) is 0 Å². The average Bonchev–Trinajstić information content (AvgIpc) is 2.76. The second kappa shape index (κ2) is 14.0. The molecule has 0 aliphatic carbocycles. The van der Waals surface area contributed by atoms with Crippen LogP contribution in [0.15, 0.2) is 24.3 Å². The Bertz CT molecular complexity index is 784. The molecule has 3 amide bonds. The maximum atomic E-state index is 13.8. The van der Waals surface area contributed by atoms with Gasteiger partial charge in [0.15, 0.2) is 0 Å². The number of carbonyl (C=O) groups excluding carboxylic acids is 3.